The van der Waals surface area contributed by atoms with Crippen molar-refractivity contribution in [3.63, 3.8) is 0 Å². The summed E-state index contributed by atoms with van der Waals surface area (Å²) in [4.78, 5) is 4.37. The van der Waals surface area contributed by atoms with Crippen molar-refractivity contribution in [2.24, 2.45) is 0 Å². The summed E-state index contributed by atoms with van der Waals surface area (Å²) in [5.74, 6) is 0. The SMILES string of the molecule is CCC(C)(C)NCC(C)Sc1ccc(Br)cn1. The number of halogens is 1. The predicted molar refractivity (Wildman–Crippen MR) is 79.6 cm³/mol. The van der Waals surface area contributed by atoms with Crippen molar-refractivity contribution < 1.29 is 0 Å². The van der Waals surface area contributed by atoms with Crippen LogP contribution < -0.4 is 5.32 Å². The van der Waals surface area contributed by atoms with Gasteiger partial charge in [0.05, 0.1) is 5.03 Å². The predicted octanol–water partition coefficient (Wildman–Crippen LogP) is 4.10. The number of nitrogens with one attached hydrogen (secondary N) is 1. The highest BCUT2D eigenvalue weighted by Gasteiger charge is 2.15. The van der Waals surface area contributed by atoms with E-state index >= 15 is 0 Å². The van der Waals surface area contributed by atoms with Gasteiger partial charge in [-0.05, 0) is 48.3 Å². The van der Waals surface area contributed by atoms with E-state index in [-0.39, 0.29) is 5.54 Å². The lowest BCUT2D eigenvalue weighted by molar-refractivity contribution is 0.379. The molecule has 0 fully saturated rings. The minimum Gasteiger partial charge on any atom is -0.311 e. The molecule has 0 aromatic carbocycles. The van der Waals surface area contributed by atoms with Gasteiger partial charge >= 0.3 is 0 Å². The van der Waals surface area contributed by atoms with E-state index in [0.717, 1.165) is 22.5 Å². The highest BCUT2D eigenvalue weighted by molar-refractivity contribution is 9.10. The number of pyridine rings is 1. The molecule has 96 valence electrons. The molecular weight excluding hydrogens is 296 g/mol. The zero-order valence-electron chi connectivity index (χ0n) is 11.0. The number of nitrogens with zero attached hydrogens (tertiary/aromatic N) is 1. The first kappa shape index (κ1) is 15.0. The number of aromatic nitrogens is 1. The minimum absolute atomic E-state index is 0.224. The summed E-state index contributed by atoms with van der Waals surface area (Å²) in [5, 5.41) is 5.19. The molecule has 0 aliphatic heterocycles. The highest BCUT2D eigenvalue weighted by Crippen LogP contribution is 2.22. The van der Waals surface area contributed by atoms with Gasteiger partial charge in [0, 0.05) is 28.0 Å². The Morgan fingerprint density at radius 1 is 1.47 bits per heavy atom. The minimum atomic E-state index is 0.224. The molecule has 0 saturated heterocycles. The fraction of sp³-hybridized carbons (Fsp3) is 0.615. The van der Waals surface area contributed by atoms with E-state index < -0.39 is 0 Å². The van der Waals surface area contributed by atoms with Gasteiger partial charge in [-0.1, -0.05) is 13.8 Å². The third kappa shape index (κ3) is 5.89. The molecule has 4 heteroatoms. The van der Waals surface area contributed by atoms with Crippen LogP contribution in [0.25, 0.3) is 0 Å². The van der Waals surface area contributed by atoms with Gasteiger partial charge in [0.25, 0.3) is 0 Å². The molecule has 1 aromatic heterocycles. The molecule has 17 heavy (non-hydrogen) atoms. The molecule has 1 aromatic rings. The summed E-state index contributed by atoms with van der Waals surface area (Å²) in [7, 11) is 0. The average Bonchev–Trinajstić information content (AvgIpc) is 2.30. The fourth-order valence-electron chi connectivity index (χ4n) is 1.22. The summed E-state index contributed by atoms with van der Waals surface area (Å²) < 4.78 is 1.03. The molecule has 0 radical (unpaired) electrons. The lowest BCUT2D eigenvalue weighted by Gasteiger charge is -2.26. The van der Waals surface area contributed by atoms with Crippen LogP contribution >= 0.6 is 27.7 Å². The molecule has 2 nitrogen and oxygen atoms in total. The van der Waals surface area contributed by atoms with E-state index in [1.807, 2.05) is 24.0 Å². The quantitative estimate of drug-likeness (QED) is 0.800. The Hall–Kier alpha value is -0.0600. The van der Waals surface area contributed by atoms with Crippen molar-refractivity contribution in [1.29, 1.82) is 0 Å². The summed E-state index contributed by atoms with van der Waals surface area (Å²) in [6.07, 6.45) is 2.99. The fourth-order valence-corrected chi connectivity index (χ4v) is 2.30. The maximum atomic E-state index is 4.37. The Labute approximate surface area is 117 Å². The second kappa shape index (κ2) is 6.76. The monoisotopic (exact) mass is 316 g/mol. The maximum absolute atomic E-state index is 4.37. The van der Waals surface area contributed by atoms with Gasteiger partial charge in [0.2, 0.25) is 0 Å². The van der Waals surface area contributed by atoms with Crippen LogP contribution in [0.15, 0.2) is 27.8 Å². The van der Waals surface area contributed by atoms with Crippen LogP contribution in [-0.2, 0) is 0 Å². The summed E-state index contributed by atoms with van der Waals surface area (Å²) in [5.41, 5.74) is 0.224. The van der Waals surface area contributed by atoms with Gasteiger partial charge in [-0.3, -0.25) is 0 Å². The van der Waals surface area contributed by atoms with Crippen LogP contribution in [0.3, 0.4) is 0 Å². The van der Waals surface area contributed by atoms with Crippen molar-refractivity contribution >= 4 is 27.7 Å². The van der Waals surface area contributed by atoms with E-state index in [0.29, 0.717) is 5.25 Å². The van der Waals surface area contributed by atoms with Gasteiger partial charge < -0.3 is 5.32 Å². The Morgan fingerprint density at radius 3 is 2.71 bits per heavy atom. The summed E-state index contributed by atoms with van der Waals surface area (Å²) in [6.45, 7) is 9.92. The zero-order valence-corrected chi connectivity index (χ0v) is 13.4. The molecule has 0 aliphatic carbocycles. The molecule has 1 unspecified atom stereocenters. The molecule has 0 bridgehead atoms. The van der Waals surface area contributed by atoms with Crippen molar-refractivity contribution in [3.05, 3.63) is 22.8 Å². The number of thioether (sulfide) groups is 1. The first-order valence-corrected chi connectivity index (χ1v) is 7.63. The number of hydrogen-bond donors (Lipinski definition) is 1. The standard InChI is InChI=1S/C13H21BrN2S/c1-5-13(3,4)16-8-10(2)17-12-7-6-11(14)9-15-12/h6-7,9-10,16H,5,8H2,1-4H3. The molecule has 1 atom stereocenters. The van der Waals surface area contributed by atoms with Gasteiger partial charge in [-0.15, -0.1) is 11.8 Å². The van der Waals surface area contributed by atoms with E-state index in [2.05, 4.69) is 60.0 Å². The topological polar surface area (TPSA) is 24.9 Å². The molecule has 0 amide bonds. The van der Waals surface area contributed by atoms with Crippen LogP contribution in [0.1, 0.15) is 34.1 Å². The van der Waals surface area contributed by atoms with Gasteiger partial charge in [0.1, 0.15) is 0 Å². The second-order valence-corrected chi connectivity index (χ2v) is 7.24. The van der Waals surface area contributed by atoms with Gasteiger partial charge in [-0.2, -0.15) is 0 Å². The van der Waals surface area contributed by atoms with Crippen LogP contribution in [0.2, 0.25) is 0 Å². The van der Waals surface area contributed by atoms with Crippen LogP contribution in [0.5, 0.6) is 0 Å². The van der Waals surface area contributed by atoms with Crippen LogP contribution in [0.4, 0.5) is 0 Å². The van der Waals surface area contributed by atoms with E-state index in [1.54, 1.807) is 0 Å². The van der Waals surface area contributed by atoms with E-state index in [1.165, 1.54) is 0 Å². The van der Waals surface area contributed by atoms with Crippen molar-refractivity contribution in [1.82, 2.24) is 10.3 Å². The Balaban J connectivity index is 2.39. The summed E-state index contributed by atoms with van der Waals surface area (Å²) in [6, 6.07) is 4.08. The molecular formula is C13H21BrN2S. The molecule has 1 heterocycles. The average molecular weight is 317 g/mol. The number of hydrogen-bond acceptors (Lipinski definition) is 3. The Bertz CT molecular complexity index is 338. The normalized spacial score (nSPS) is 13.7. The van der Waals surface area contributed by atoms with Crippen molar-refractivity contribution in [3.8, 4) is 0 Å². The van der Waals surface area contributed by atoms with Crippen LogP contribution in [0, 0.1) is 0 Å². The summed E-state index contributed by atoms with van der Waals surface area (Å²) >= 11 is 5.20. The first-order chi connectivity index (χ1) is 7.93. The number of rotatable bonds is 6. The third-order valence-corrected chi connectivity index (χ3v) is 4.30. The molecule has 0 spiro atoms. The lowest BCUT2D eigenvalue weighted by Crippen LogP contribution is -2.41. The van der Waals surface area contributed by atoms with Crippen molar-refractivity contribution in [2.75, 3.05) is 6.54 Å². The molecule has 1 rings (SSSR count). The Kier molecular flexibility index (Phi) is 5.97. The van der Waals surface area contributed by atoms with Gasteiger partial charge in [0.15, 0.2) is 0 Å². The van der Waals surface area contributed by atoms with E-state index in [9.17, 15) is 0 Å². The van der Waals surface area contributed by atoms with E-state index in [4.69, 9.17) is 0 Å². The van der Waals surface area contributed by atoms with Gasteiger partial charge in [-0.25, -0.2) is 4.98 Å². The molecule has 0 aliphatic rings. The smallest absolute Gasteiger partial charge is 0.0963 e. The maximum Gasteiger partial charge on any atom is 0.0963 e. The first-order valence-electron chi connectivity index (χ1n) is 5.96. The van der Waals surface area contributed by atoms with Crippen molar-refractivity contribution in [2.45, 2.75) is 49.9 Å². The second-order valence-electron chi connectivity index (χ2n) is 4.86. The zero-order chi connectivity index (χ0) is 12.9. The largest absolute Gasteiger partial charge is 0.311 e. The third-order valence-electron chi connectivity index (χ3n) is 2.77. The highest BCUT2D eigenvalue weighted by atomic mass is 79.9. The molecule has 1 N–H and O–H groups in total. The lowest BCUT2D eigenvalue weighted by atomic mass is 10.0. The Morgan fingerprint density at radius 2 is 2.18 bits per heavy atom. The van der Waals surface area contributed by atoms with Crippen LogP contribution in [-0.4, -0.2) is 22.3 Å². The molecule has 0 saturated carbocycles.